The predicted molar refractivity (Wildman–Crippen MR) is 58.0 cm³/mol. The third-order valence-electron chi connectivity index (χ3n) is 1.75. The first-order chi connectivity index (χ1) is 5.83. The largest absolute Gasteiger partial charge is 0.303 e. The minimum Gasteiger partial charge on any atom is -0.303 e. The molecule has 0 radical (unpaired) electrons. The smallest absolute Gasteiger partial charge is 0.120 e. The molecule has 0 spiro atoms. The first-order valence-corrected chi connectivity index (χ1v) is 6.39. The maximum Gasteiger partial charge on any atom is 0.120 e. The maximum atomic E-state index is 10.3. The third kappa shape index (κ3) is 3.68. The Morgan fingerprint density at radius 3 is 2.50 bits per heavy atom. The molecule has 1 nitrogen and oxygen atoms in total. The van der Waals surface area contributed by atoms with Crippen molar-refractivity contribution in [1.29, 1.82) is 0 Å². The lowest BCUT2D eigenvalue weighted by Gasteiger charge is -2.17. The second kappa shape index (κ2) is 5.70. The molecule has 0 aromatic rings. The summed E-state index contributed by atoms with van der Waals surface area (Å²) < 4.78 is 0. The van der Waals surface area contributed by atoms with Crippen LogP contribution >= 0.6 is 23.5 Å². The monoisotopic (exact) mass is 202 g/mol. The van der Waals surface area contributed by atoms with Crippen LogP contribution in [0.15, 0.2) is 12.2 Å². The van der Waals surface area contributed by atoms with Gasteiger partial charge < -0.3 is 4.79 Å². The highest BCUT2D eigenvalue weighted by molar-refractivity contribution is 8.01. The van der Waals surface area contributed by atoms with E-state index in [4.69, 9.17) is 0 Å². The lowest BCUT2D eigenvalue weighted by molar-refractivity contribution is -0.108. The van der Waals surface area contributed by atoms with Crippen LogP contribution in [-0.2, 0) is 4.79 Å². The maximum absolute atomic E-state index is 10.3. The van der Waals surface area contributed by atoms with Gasteiger partial charge in [-0.15, -0.1) is 0 Å². The number of hydrogen-bond acceptors (Lipinski definition) is 3. The fraction of sp³-hybridized carbons (Fsp3) is 0.667. The topological polar surface area (TPSA) is 17.1 Å². The van der Waals surface area contributed by atoms with Crippen LogP contribution in [0.5, 0.6) is 0 Å². The average Bonchev–Trinajstić information content (AvgIpc) is 2.00. The number of carbonyl (C=O) groups is 1. The van der Waals surface area contributed by atoms with Crippen LogP contribution in [0.3, 0.4) is 0 Å². The highest BCUT2D eigenvalue weighted by Crippen LogP contribution is 2.24. The Hall–Kier alpha value is 0.110. The normalized spacial score (nSPS) is 21.5. The molecule has 1 aliphatic rings. The summed E-state index contributed by atoms with van der Waals surface area (Å²) in [6.07, 6.45) is 1.77. The molecule has 0 saturated carbocycles. The molecular weight excluding hydrogens is 188 g/mol. The number of thioether (sulfide) groups is 2. The summed E-state index contributed by atoms with van der Waals surface area (Å²) in [5.74, 6) is 4.96. The van der Waals surface area contributed by atoms with Gasteiger partial charge in [-0.1, -0.05) is 12.2 Å². The van der Waals surface area contributed by atoms with Crippen LogP contribution < -0.4 is 0 Å². The van der Waals surface area contributed by atoms with Crippen LogP contribution in [0.1, 0.15) is 6.42 Å². The molecule has 1 fully saturated rings. The van der Waals surface area contributed by atoms with Crippen molar-refractivity contribution in [2.75, 3.05) is 23.0 Å². The molecule has 1 aliphatic heterocycles. The van der Waals surface area contributed by atoms with Gasteiger partial charge in [0.1, 0.15) is 6.29 Å². The van der Waals surface area contributed by atoms with Crippen molar-refractivity contribution in [1.82, 2.24) is 0 Å². The summed E-state index contributed by atoms with van der Waals surface area (Å²) in [5.41, 5.74) is 1.33. The predicted octanol–water partition coefficient (Wildman–Crippen LogP) is 2.23. The molecule has 3 heteroatoms. The van der Waals surface area contributed by atoms with Crippen molar-refractivity contribution < 1.29 is 4.79 Å². The average molecular weight is 202 g/mol. The highest BCUT2D eigenvalue weighted by Gasteiger charge is 2.12. The summed E-state index contributed by atoms with van der Waals surface area (Å²) in [4.78, 5) is 10.3. The van der Waals surface area contributed by atoms with E-state index in [1.807, 2.05) is 23.5 Å². The second-order valence-corrected chi connectivity index (χ2v) is 5.11. The SMILES string of the molecule is C=C1CSCC(CC=O)CSC1. The minimum absolute atomic E-state index is 0.589. The van der Waals surface area contributed by atoms with E-state index in [0.29, 0.717) is 5.92 Å². The Morgan fingerprint density at radius 1 is 1.42 bits per heavy atom. The van der Waals surface area contributed by atoms with Gasteiger partial charge >= 0.3 is 0 Å². The summed E-state index contributed by atoms with van der Waals surface area (Å²) in [7, 11) is 0. The molecule has 1 saturated heterocycles. The Morgan fingerprint density at radius 2 is 2.00 bits per heavy atom. The van der Waals surface area contributed by atoms with Crippen LogP contribution in [0.25, 0.3) is 0 Å². The van der Waals surface area contributed by atoms with Gasteiger partial charge in [0.05, 0.1) is 0 Å². The van der Waals surface area contributed by atoms with Gasteiger partial charge in [-0.25, -0.2) is 0 Å². The highest BCUT2D eigenvalue weighted by atomic mass is 32.2. The lowest BCUT2D eigenvalue weighted by atomic mass is 10.1. The van der Waals surface area contributed by atoms with E-state index >= 15 is 0 Å². The van der Waals surface area contributed by atoms with E-state index in [9.17, 15) is 4.79 Å². The van der Waals surface area contributed by atoms with Gasteiger partial charge in [0.15, 0.2) is 0 Å². The van der Waals surface area contributed by atoms with Crippen molar-refractivity contribution in [2.24, 2.45) is 5.92 Å². The number of rotatable bonds is 2. The zero-order valence-electron chi connectivity index (χ0n) is 7.12. The molecular formula is C9H14OS2. The van der Waals surface area contributed by atoms with Gasteiger partial charge in [-0.3, -0.25) is 0 Å². The molecule has 0 N–H and O–H groups in total. The zero-order chi connectivity index (χ0) is 8.81. The molecule has 0 unspecified atom stereocenters. The Bertz CT molecular complexity index is 156. The van der Waals surface area contributed by atoms with E-state index in [1.165, 1.54) is 5.57 Å². The Labute approximate surface area is 82.4 Å². The molecule has 1 heterocycles. The molecule has 0 bridgehead atoms. The summed E-state index contributed by atoms with van der Waals surface area (Å²) in [6.45, 7) is 3.98. The first kappa shape index (κ1) is 10.2. The molecule has 12 heavy (non-hydrogen) atoms. The van der Waals surface area contributed by atoms with Gasteiger partial charge in [0, 0.05) is 17.9 Å². The summed E-state index contributed by atoms with van der Waals surface area (Å²) in [5, 5.41) is 0. The van der Waals surface area contributed by atoms with E-state index in [-0.39, 0.29) is 0 Å². The van der Waals surface area contributed by atoms with Gasteiger partial charge in [0.25, 0.3) is 0 Å². The lowest BCUT2D eigenvalue weighted by Crippen LogP contribution is -2.12. The van der Waals surface area contributed by atoms with Crippen LogP contribution in [-0.4, -0.2) is 29.3 Å². The minimum atomic E-state index is 0.589. The summed E-state index contributed by atoms with van der Waals surface area (Å²) in [6, 6.07) is 0. The van der Waals surface area contributed by atoms with Gasteiger partial charge in [-0.05, 0) is 17.4 Å². The van der Waals surface area contributed by atoms with Gasteiger partial charge in [-0.2, -0.15) is 23.5 Å². The molecule has 0 amide bonds. The van der Waals surface area contributed by atoms with Crippen molar-refractivity contribution in [2.45, 2.75) is 6.42 Å². The van der Waals surface area contributed by atoms with Crippen molar-refractivity contribution in [3.63, 3.8) is 0 Å². The van der Waals surface area contributed by atoms with Crippen molar-refractivity contribution >= 4 is 29.8 Å². The molecule has 0 aromatic carbocycles. The van der Waals surface area contributed by atoms with Crippen LogP contribution in [0.4, 0.5) is 0 Å². The molecule has 0 aliphatic carbocycles. The van der Waals surface area contributed by atoms with E-state index in [1.54, 1.807) is 0 Å². The quantitative estimate of drug-likeness (QED) is 0.505. The van der Waals surface area contributed by atoms with Crippen LogP contribution in [0, 0.1) is 5.92 Å². The Kier molecular flexibility index (Phi) is 4.84. The second-order valence-electron chi connectivity index (χ2n) is 3.05. The summed E-state index contributed by atoms with van der Waals surface area (Å²) >= 11 is 3.83. The van der Waals surface area contributed by atoms with E-state index in [0.717, 1.165) is 35.7 Å². The molecule has 1 rings (SSSR count). The molecule has 0 atom stereocenters. The number of carbonyl (C=O) groups excluding carboxylic acids is 1. The fourth-order valence-corrected chi connectivity index (χ4v) is 3.57. The van der Waals surface area contributed by atoms with Crippen molar-refractivity contribution in [3.05, 3.63) is 12.2 Å². The first-order valence-electron chi connectivity index (χ1n) is 4.08. The van der Waals surface area contributed by atoms with Crippen LogP contribution in [0.2, 0.25) is 0 Å². The molecule has 0 aromatic heterocycles. The Balaban J connectivity index is 2.29. The number of hydrogen-bond donors (Lipinski definition) is 0. The van der Waals surface area contributed by atoms with Crippen molar-refractivity contribution in [3.8, 4) is 0 Å². The third-order valence-corrected chi connectivity index (χ3v) is 4.39. The van der Waals surface area contributed by atoms with E-state index in [2.05, 4.69) is 6.58 Å². The fourth-order valence-electron chi connectivity index (χ4n) is 1.10. The zero-order valence-corrected chi connectivity index (χ0v) is 8.76. The standard InChI is InChI=1S/C9H14OS2/c1-8-4-11-6-9(2-3-10)7-12-5-8/h3,9H,1-2,4-7H2. The number of aldehydes is 1. The molecule has 68 valence electrons. The van der Waals surface area contributed by atoms with E-state index < -0.39 is 0 Å². The van der Waals surface area contributed by atoms with Gasteiger partial charge in [0.2, 0.25) is 0 Å².